The molecule has 2 fully saturated rings. The van der Waals surface area contributed by atoms with E-state index in [1.54, 1.807) is 0 Å². The van der Waals surface area contributed by atoms with E-state index in [0.29, 0.717) is 11.7 Å². The summed E-state index contributed by atoms with van der Waals surface area (Å²) >= 11 is 1.42. The van der Waals surface area contributed by atoms with Crippen molar-refractivity contribution >= 4 is 22.4 Å². The number of carbonyl (C=O) groups is 1. The second-order valence-electron chi connectivity index (χ2n) is 7.47. The van der Waals surface area contributed by atoms with Crippen LogP contribution in [0.3, 0.4) is 0 Å². The summed E-state index contributed by atoms with van der Waals surface area (Å²) in [4.78, 5) is 18.9. The van der Waals surface area contributed by atoms with Gasteiger partial charge in [-0.15, -0.1) is 11.3 Å². The molecule has 0 unspecified atom stereocenters. The molecular weight excluding hydrogens is 362 g/mol. The number of aryl methyl sites for hydroxylation is 1. The van der Waals surface area contributed by atoms with Crippen LogP contribution in [0.2, 0.25) is 0 Å². The lowest BCUT2D eigenvalue weighted by Crippen LogP contribution is -2.56. The number of nitrogens with one attached hydrogen (secondary N) is 1. The highest BCUT2D eigenvalue weighted by Gasteiger charge is 2.45. The summed E-state index contributed by atoms with van der Waals surface area (Å²) in [6, 6.07) is 8.17. The molecule has 0 saturated carbocycles. The summed E-state index contributed by atoms with van der Waals surface area (Å²) < 4.78 is 5.81. The number of rotatable bonds is 4. The maximum absolute atomic E-state index is 12.4. The fourth-order valence-electron chi connectivity index (χ4n) is 3.89. The van der Waals surface area contributed by atoms with Crippen molar-refractivity contribution in [3.8, 4) is 11.3 Å². The van der Waals surface area contributed by atoms with E-state index >= 15 is 0 Å². The molecular formula is C20H25N3O3S. The molecule has 2 aliphatic heterocycles. The largest absolute Gasteiger partial charge is 0.389 e. The van der Waals surface area contributed by atoms with Gasteiger partial charge in [0, 0.05) is 30.6 Å². The van der Waals surface area contributed by atoms with Gasteiger partial charge in [0.1, 0.15) is 0 Å². The quantitative estimate of drug-likeness (QED) is 0.844. The van der Waals surface area contributed by atoms with Crippen molar-refractivity contribution in [1.82, 2.24) is 9.88 Å². The standard InChI is InChI=1S/C20H25N3O3S/c1-14-3-5-15(6-4-14)16-13-27-19(21-16)22-18(25)12-23-9-8-20(17(24)11-23)7-2-10-26-20/h3-6,13,17,24H,2,7-12H2,1H3,(H,21,22,25)/t17-,20-/m0/s1. The van der Waals surface area contributed by atoms with E-state index in [2.05, 4.69) is 29.4 Å². The SMILES string of the molecule is Cc1ccc(-c2csc(NC(=O)CN3CC[C@@]4(CCCO4)[C@@H](O)C3)n2)cc1. The van der Waals surface area contributed by atoms with Crippen LogP contribution in [-0.2, 0) is 9.53 Å². The Bertz CT molecular complexity index is 799. The molecule has 6 nitrogen and oxygen atoms in total. The summed E-state index contributed by atoms with van der Waals surface area (Å²) in [5.41, 5.74) is 2.73. The first kappa shape index (κ1) is 18.6. The van der Waals surface area contributed by atoms with E-state index in [4.69, 9.17) is 4.74 Å². The van der Waals surface area contributed by atoms with E-state index in [9.17, 15) is 9.90 Å². The predicted octanol–water partition coefficient (Wildman–Crippen LogP) is 2.67. The summed E-state index contributed by atoms with van der Waals surface area (Å²) in [5, 5.41) is 15.9. The Kier molecular flexibility index (Phi) is 5.27. The smallest absolute Gasteiger partial charge is 0.240 e. The Morgan fingerprint density at radius 2 is 2.22 bits per heavy atom. The van der Waals surface area contributed by atoms with Crippen molar-refractivity contribution in [2.45, 2.75) is 37.9 Å². The number of piperidine rings is 1. The third-order valence-corrected chi connectivity index (χ3v) is 6.25. The number of carbonyl (C=O) groups excluding carboxylic acids is 1. The first-order valence-corrected chi connectivity index (χ1v) is 10.3. The molecule has 1 amide bonds. The van der Waals surface area contributed by atoms with Gasteiger partial charge in [-0.25, -0.2) is 4.98 Å². The lowest BCUT2D eigenvalue weighted by molar-refractivity contribution is -0.135. The van der Waals surface area contributed by atoms with Crippen LogP contribution in [0.25, 0.3) is 11.3 Å². The molecule has 2 aliphatic rings. The van der Waals surface area contributed by atoms with E-state index in [1.807, 2.05) is 22.4 Å². The van der Waals surface area contributed by atoms with Crippen LogP contribution >= 0.6 is 11.3 Å². The fourth-order valence-corrected chi connectivity index (χ4v) is 4.62. The molecule has 1 aromatic heterocycles. The molecule has 1 spiro atoms. The van der Waals surface area contributed by atoms with Gasteiger partial charge >= 0.3 is 0 Å². The summed E-state index contributed by atoms with van der Waals surface area (Å²) in [5.74, 6) is -0.102. The van der Waals surface area contributed by atoms with Gasteiger partial charge < -0.3 is 15.2 Å². The van der Waals surface area contributed by atoms with Gasteiger partial charge in [-0.1, -0.05) is 29.8 Å². The van der Waals surface area contributed by atoms with Crippen LogP contribution in [0.4, 0.5) is 5.13 Å². The second kappa shape index (κ2) is 7.67. The third-order valence-electron chi connectivity index (χ3n) is 5.49. The zero-order valence-corrected chi connectivity index (χ0v) is 16.3. The number of aliphatic hydroxyl groups is 1. The fraction of sp³-hybridized carbons (Fsp3) is 0.500. The Hall–Kier alpha value is -1.80. The maximum Gasteiger partial charge on any atom is 0.240 e. The molecule has 2 saturated heterocycles. The highest BCUT2D eigenvalue weighted by atomic mass is 32.1. The molecule has 7 heteroatoms. The second-order valence-corrected chi connectivity index (χ2v) is 8.33. The molecule has 0 aliphatic carbocycles. The lowest BCUT2D eigenvalue weighted by atomic mass is 9.86. The summed E-state index contributed by atoms with van der Waals surface area (Å²) in [7, 11) is 0. The molecule has 0 bridgehead atoms. The molecule has 2 atom stereocenters. The summed E-state index contributed by atoms with van der Waals surface area (Å²) in [6.07, 6.45) is 2.16. The molecule has 3 heterocycles. The zero-order chi connectivity index (χ0) is 18.9. The molecule has 0 radical (unpaired) electrons. The minimum Gasteiger partial charge on any atom is -0.389 e. The lowest BCUT2D eigenvalue weighted by Gasteiger charge is -2.42. The predicted molar refractivity (Wildman–Crippen MR) is 106 cm³/mol. The van der Waals surface area contributed by atoms with Gasteiger partial charge in [0.25, 0.3) is 0 Å². The Balaban J connectivity index is 1.32. The van der Waals surface area contributed by atoms with Crippen LogP contribution in [-0.4, -0.2) is 58.8 Å². The number of anilines is 1. The van der Waals surface area contributed by atoms with Crippen LogP contribution in [0.15, 0.2) is 29.6 Å². The van der Waals surface area contributed by atoms with Gasteiger partial charge in [0.15, 0.2) is 5.13 Å². The first-order valence-electron chi connectivity index (χ1n) is 9.41. The first-order chi connectivity index (χ1) is 13.0. The molecule has 1 aromatic carbocycles. The topological polar surface area (TPSA) is 74.7 Å². The minimum absolute atomic E-state index is 0.102. The summed E-state index contributed by atoms with van der Waals surface area (Å²) in [6.45, 7) is 4.27. The van der Waals surface area contributed by atoms with E-state index in [-0.39, 0.29) is 18.1 Å². The van der Waals surface area contributed by atoms with E-state index < -0.39 is 6.10 Å². The van der Waals surface area contributed by atoms with Crippen LogP contribution in [0.1, 0.15) is 24.8 Å². The maximum atomic E-state index is 12.4. The van der Waals surface area contributed by atoms with Crippen molar-refractivity contribution in [2.75, 3.05) is 31.6 Å². The highest BCUT2D eigenvalue weighted by Crippen LogP contribution is 2.35. The number of aromatic nitrogens is 1. The van der Waals surface area contributed by atoms with Gasteiger partial charge in [-0.3, -0.25) is 9.69 Å². The Labute approximate surface area is 163 Å². The van der Waals surface area contributed by atoms with E-state index in [0.717, 1.165) is 43.7 Å². The Morgan fingerprint density at radius 3 is 2.93 bits per heavy atom. The number of thiazole rings is 1. The van der Waals surface area contributed by atoms with E-state index in [1.165, 1.54) is 16.9 Å². The number of hydrogen-bond donors (Lipinski definition) is 2. The number of nitrogens with zero attached hydrogens (tertiary/aromatic N) is 2. The average molecular weight is 388 g/mol. The Morgan fingerprint density at radius 1 is 1.41 bits per heavy atom. The van der Waals surface area contributed by atoms with Crippen molar-refractivity contribution < 1.29 is 14.6 Å². The number of ether oxygens (including phenoxy) is 1. The molecule has 144 valence electrons. The number of likely N-dealkylation sites (tertiary alicyclic amines) is 1. The van der Waals surface area contributed by atoms with Gasteiger partial charge in [-0.2, -0.15) is 0 Å². The minimum atomic E-state index is -0.533. The van der Waals surface area contributed by atoms with Crippen molar-refractivity contribution in [3.63, 3.8) is 0 Å². The van der Waals surface area contributed by atoms with Crippen LogP contribution in [0, 0.1) is 6.92 Å². The molecule has 2 N–H and O–H groups in total. The van der Waals surface area contributed by atoms with Crippen LogP contribution in [0.5, 0.6) is 0 Å². The van der Waals surface area contributed by atoms with Crippen LogP contribution < -0.4 is 5.32 Å². The number of amides is 1. The number of β-amino-alcohol motifs (C(OH)–C–C–N with tert-alkyl or cyclic N) is 1. The molecule has 27 heavy (non-hydrogen) atoms. The van der Waals surface area contributed by atoms with Gasteiger partial charge in [0.05, 0.1) is 23.9 Å². The van der Waals surface area contributed by atoms with Crippen molar-refractivity contribution in [3.05, 3.63) is 35.2 Å². The average Bonchev–Trinajstić information content (AvgIpc) is 3.30. The van der Waals surface area contributed by atoms with Crippen molar-refractivity contribution in [2.24, 2.45) is 0 Å². The van der Waals surface area contributed by atoms with Gasteiger partial charge in [-0.05, 0) is 26.2 Å². The monoisotopic (exact) mass is 387 g/mol. The van der Waals surface area contributed by atoms with Crippen molar-refractivity contribution in [1.29, 1.82) is 0 Å². The van der Waals surface area contributed by atoms with Gasteiger partial charge in [0.2, 0.25) is 5.91 Å². The number of aliphatic hydroxyl groups excluding tert-OH is 1. The molecule has 2 aromatic rings. The number of hydrogen-bond acceptors (Lipinski definition) is 6. The molecule has 4 rings (SSSR count). The highest BCUT2D eigenvalue weighted by molar-refractivity contribution is 7.14. The zero-order valence-electron chi connectivity index (χ0n) is 15.5. The third kappa shape index (κ3) is 4.06. The number of benzene rings is 1. The normalized spacial score (nSPS) is 25.8.